The van der Waals surface area contributed by atoms with Crippen molar-refractivity contribution in [1.82, 2.24) is 0 Å². The molecule has 0 N–H and O–H groups in total. The summed E-state index contributed by atoms with van der Waals surface area (Å²) in [4.78, 5) is 0. The van der Waals surface area contributed by atoms with Gasteiger partial charge in [-0.2, -0.15) is 0 Å². The van der Waals surface area contributed by atoms with Gasteiger partial charge in [0.1, 0.15) is 0 Å². The minimum absolute atomic E-state index is 3.66. The van der Waals surface area contributed by atoms with Crippen LogP contribution < -0.4 is 0 Å². The van der Waals surface area contributed by atoms with Crippen LogP contribution in [0.15, 0.2) is 0 Å². The molecule has 0 nitrogen and oxygen atoms in total. The molecule has 0 radical (unpaired) electrons. The molecular formula is C2Cl2F7P. The molecule has 0 saturated heterocycles. The molecule has 0 rings (SSSR count). The Labute approximate surface area is 71.4 Å². The van der Waals surface area contributed by atoms with E-state index in [1.54, 1.807) is 0 Å². The number of alkyl halides is 5. The fraction of sp³-hybridized carbons (Fsp3) is 1.00. The Balaban J connectivity index is 5.15. The molecule has 0 spiro atoms. The summed E-state index contributed by atoms with van der Waals surface area (Å²) in [6.45, 7) is 0. The van der Waals surface area contributed by atoms with Crippen molar-refractivity contribution in [2.75, 3.05) is 0 Å². The summed E-state index contributed by atoms with van der Waals surface area (Å²) in [5.74, 6) is -8.00. The van der Waals surface area contributed by atoms with Gasteiger partial charge in [0, 0.05) is 0 Å². The summed E-state index contributed by atoms with van der Waals surface area (Å²) in [6, 6.07) is 0. The zero-order chi connectivity index (χ0) is 10.4. The molecule has 0 amide bonds. The Morgan fingerprint density at radius 2 is 1.08 bits per heavy atom. The van der Waals surface area contributed by atoms with Crippen LogP contribution in [0.3, 0.4) is 0 Å². The third kappa shape index (κ3) is 2.06. The van der Waals surface area contributed by atoms with Crippen molar-refractivity contribution in [3.8, 4) is 0 Å². The fourth-order valence-electron chi connectivity index (χ4n) is 0.192. The third-order valence-corrected chi connectivity index (χ3v) is 3.14. The number of rotatable bonds is 1. The first kappa shape index (κ1) is 12.5. The summed E-state index contributed by atoms with van der Waals surface area (Å²) in [6.07, 6.45) is -6.45. The summed E-state index contributed by atoms with van der Waals surface area (Å²) in [7, 11) is 0. The van der Waals surface area contributed by atoms with E-state index in [1.165, 1.54) is 0 Å². The number of halogens is 9. The molecule has 0 saturated carbocycles. The zero-order valence-corrected chi connectivity index (χ0v) is 7.26. The molecule has 0 aliphatic carbocycles. The maximum absolute atomic E-state index is 11.9. The fourth-order valence-corrected chi connectivity index (χ4v) is 1.15. The van der Waals surface area contributed by atoms with Crippen LogP contribution in [0.2, 0.25) is 0 Å². The van der Waals surface area contributed by atoms with Gasteiger partial charge in [0.25, 0.3) is 0 Å². The van der Waals surface area contributed by atoms with Crippen LogP contribution in [0, 0.1) is 0 Å². The van der Waals surface area contributed by atoms with Gasteiger partial charge in [0.2, 0.25) is 0 Å². The van der Waals surface area contributed by atoms with Crippen LogP contribution in [0.1, 0.15) is 0 Å². The zero-order valence-electron chi connectivity index (χ0n) is 4.85. The average molecular weight is 259 g/mol. The Bertz CT molecular complexity index is 179. The predicted molar refractivity (Wildman–Crippen MR) is 31.8 cm³/mol. The molecule has 76 valence electrons. The van der Waals surface area contributed by atoms with Crippen molar-refractivity contribution in [1.29, 1.82) is 0 Å². The maximum atomic E-state index is 11.9. The molecule has 0 heterocycles. The summed E-state index contributed by atoms with van der Waals surface area (Å²) in [5.41, 5.74) is -6.36. The van der Waals surface area contributed by atoms with E-state index in [0.717, 1.165) is 0 Å². The molecule has 12 heavy (non-hydrogen) atoms. The van der Waals surface area contributed by atoms with E-state index in [4.69, 9.17) is 0 Å². The quantitative estimate of drug-likeness (QED) is 0.469. The van der Waals surface area contributed by atoms with Crippen molar-refractivity contribution in [2.45, 2.75) is 11.8 Å². The number of hydrogen-bond donors (Lipinski definition) is 0. The van der Waals surface area contributed by atoms with Gasteiger partial charge in [0.15, 0.2) is 0 Å². The number of hydrogen-bond acceptors (Lipinski definition) is 0. The van der Waals surface area contributed by atoms with Gasteiger partial charge in [0.05, 0.1) is 0 Å². The molecule has 0 aliphatic rings. The van der Waals surface area contributed by atoms with Gasteiger partial charge >= 0.3 is 70.6 Å². The summed E-state index contributed by atoms with van der Waals surface area (Å²) < 4.78 is 80.9. The van der Waals surface area contributed by atoms with E-state index in [9.17, 15) is 30.3 Å². The van der Waals surface area contributed by atoms with E-state index >= 15 is 0 Å². The first-order chi connectivity index (χ1) is 4.76. The summed E-state index contributed by atoms with van der Waals surface area (Å²) >= 11 is 7.32. The van der Waals surface area contributed by atoms with Gasteiger partial charge in [-0.05, 0) is 0 Å². The van der Waals surface area contributed by atoms with Crippen molar-refractivity contribution >= 4 is 28.4 Å². The van der Waals surface area contributed by atoms with Crippen molar-refractivity contribution < 1.29 is 30.3 Å². The molecule has 0 fully saturated rings. The summed E-state index contributed by atoms with van der Waals surface area (Å²) in [5, 5.41) is 0. The van der Waals surface area contributed by atoms with E-state index in [0.29, 0.717) is 0 Å². The van der Waals surface area contributed by atoms with Crippen LogP contribution in [0.25, 0.3) is 0 Å². The van der Waals surface area contributed by atoms with Crippen molar-refractivity contribution in [2.24, 2.45) is 0 Å². The Morgan fingerprint density at radius 1 is 0.833 bits per heavy atom. The van der Waals surface area contributed by atoms with Crippen molar-refractivity contribution in [3.63, 3.8) is 0 Å². The second-order valence-corrected chi connectivity index (χ2v) is 7.85. The van der Waals surface area contributed by atoms with Crippen LogP contribution in [-0.2, 0) is 0 Å². The SMILES string of the molecule is FC(F)(F)C(F)(F)P(F)(F)(Cl)Cl. The van der Waals surface area contributed by atoms with Gasteiger partial charge in [-0.3, -0.25) is 0 Å². The van der Waals surface area contributed by atoms with Crippen LogP contribution in [0.4, 0.5) is 30.3 Å². The minimum atomic E-state index is -8.00. The standard InChI is InChI=1S/C2Cl2F7P/c3-12(4,10,11)2(8,9)1(5,6)7. The molecule has 0 unspecified atom stereocenters. The van der Waals surface area contributed by atoms with Gasteiger partial charge in [-0.25, -0.2) is 0 Å². The predicted octanol–water partition coefficient (Wildman–Crippen LogP) is 4.77. The first-order valence-electron chi connectivity index (χ1n) is 2.09. The average Bonchev–Trinajstić information content (AvgIpc) is 1.55. The van der Waals surface area contributed by atoms with Crippen LogP contribution >= 0.6 is 28.4 Å². The Hall–Kier alpha value is 0.520. The third-order valence-electron chi connectivity index (χ3n) is 0.766. The van der Waals surface area contributed by atoms with Gasteiger partial charge in [-0.15, -0.1) is 0 Å². The second kappa shape index (κ2) is 2.51. The topological polar surface area (TPSA) is 0 Å². The molecule has 0 bridgehead atoms. The van der Waals surface area contributed by atoms with E-state index in [1.807, 2.05) is 0 Å². The van der Waals surface area contributed by atoms with Crippen LogP contribution in [0.5, 0.6) is 0 Å². The Morgan fingerprint density at radius 3 is 1.08 bits per heavy atom. The van der Waals surface area contributed by atoms with E-state index < -0.39 is 17.8 Å². The molecular weight excluding hydrogens is 259 g/mol. The second-order valence-electron chi connectivity index (χ2n) is 1.76. The molecule has 0 aromatic carbocycles. The van der Waals surface area contributed by atoms with Gasteiger partial charge in [-0.1, -0.05) is 0 Å². The monoisotopic (exact) mass is 258 g/mol. The molecule has 0 aliphatic heterocycles. The Kier molecular flexibility index (Phi) is 2.62. The van der Waals surface area contributed by atoms with Crippen molar-refractivity contribution in [3.05, 3.63) is 0 Å². The molecule has 0 aromatic heterocycles. The van der Waals surface area contributed by atoms with Gasteiger partial charge < -0.3 is 0 Å². The normalized spacial score (nSPS) is 18.6. The van der Waals surface area contributed by atoms with E-state index in [-0.39, 0.29) is 0 Å². The van der Waals surface area contributed by atoms with E-state index in [2.05, 4.69) is 22.5 Å². The molecule has 10 heteroatoms. The van der Waals surface area contributed by atoms with Crippen LogP contribution in [-0.4, -0.2) is 11.8 Å². The first-order valence-corrected chi connectivity index (χ1v) is 5.92. The molecule has 0 atom stereocenters. The molecule has 0 aromatic rings.